The van der Waals surface area contributed by atoms with Crippen molar-refractivity contribution < 1.29 is 4.42 Å². The average molecular weight is 831 g/mol. The topological polar surface area (TPSA) is 54.8 Å². The quantitative estimate of drug-likeness (QED) is 0.170. The smallest absolute Gasteiger partial charge is 0.159 e. The highest BCUT2D eigenvalue weighted by Crippen LogP contribution is 2.39. The molecular weight excluding hydrogens is 793 g/mol. The fourth-order valence-corrected chi connectivity index (χ4v) is 9.56. The van der Waals surface area contributed by atoms with Gasteiger partial charge >= 0.3 is 0 Å². The van der Waals surface area contributed by atoms with Crippen molar-refractivity contribution in [2.75, 3.05) is 0 Å². The summed E-state index contributed by atoms with van der Waals surface area (Å²) in [6.07, 6.45) is 5.79. The molecule has 1 atom stereocenters. The van der Waals surface area contributed by atoms with Gasteiger partial charge < -0.3 is 14.3 Å². The van der Waals surface area contributed by atoms with Gasteiger partial charge in [0.15, 0.2) is 5.84 Å². The molecule has 9 aromatic carbocycles. The van der Waals surface area contributed by atoms with Gasteiger partial charge in [0.1, 0.15) is 23.3 Å². The predicted molar refractivity (Wildman–Crippen MR) is 270 cm³/mol. The third kappa shape index (κ3) is 6.41. The molecule has 2 aliphatic rings. The van der Waals surface area contributed by atoms with Crippen LogP contribution in [0, 0.1) is 0 Å². The predicted octanol–water partition coefficient (Wildman–Crippen LogP) is 14.9. The van der Waals surface area contributed by atoms with E-state index < -0.39 is 0 Å². The lowest BCUT2D eigenvalue weighted by Gasteiger charge is -2.24. The lowest BCUT2D eigenvalue weighted by molar-refractivity contribution is 0.603. The van der Waals surface area contributed by atoms with Crippen LogP contribution in [0.3, 0.4) is 0 Å². The zero-order chi connectivity index (χ0) is 42.8. The van der Waals surface area contributed by atoms with Gasteiger partial charge in [-0.3, -0.25) is 0 Å². The Morgan fingerprint density at radius 3 is 1.80 bits per heavy atom. The van der Waals surface area contributed by atoms with Crippen LogP contribution in [-0.2, 0) is 0 Å². The number of furan rings is 1. The fraction of sp³-hybridized carbons (Fsp3) is 0.0167. The van der Waals surface area contributed by atoms with E-state index in [0.29, 0.717) is 11.7 Å². The maximum absolute atomic E-state index is 6.71. The van der Waals surface area contributed by atoms with E-state index in [2.05, 4.69) is 228 Å². The first-order valence-electron chi connectivity index (χ1n) is 22.0. The van der Waals surface area contributed by atoms with Crippen molar-refractivity contribution in [1.82, 2.24) is 9.88 Å². The van der Waals surface area contributed by atoms with Crippen LogP contribution in [0.4, 0.5) is 0 Å². The summed E-state index contributed by atoms with van der Waals surface area (Å²) in [5.41, 5.74) is 16.3. The molecule has 11 aromatic rings. The number of benzene rings is 9. The molecule has 304 valence electrons. The number of hydrogen-bond donors (Lipinski definition) is 1. The number of amidine groups is 2. The first kappa shape index (κ1) is 36.9. The lowest BCUT2D eigenvalue weighted by atomic mass is 10.0. The maximum atomic E-state index is 6.71. The zero-order valence-corrected chi connectivity index (χ0v) is 35.1. The first-order chi connectivity index (χ1) is 32.2. The van der Waals surface area contributed by atoms with Gasteiger partial charge in [-0.25, -0.2) is 9.98 Å². The van der Waals surface area contributed by atoms with Crippen LogP contribution in [0.25, 0.3) is 94.4 Å². The van der Waals surface area contributed by atoms with Crippen LogP contribution in [0.5, 0.6) is 0 Å². The largest absolute Gasteiger partial charge is 0.455 e. The van der Waals surface area contributed by atoms with Gasteiger partial charge in [-0.05, 0) is 110 Å². The molecule has 3 heterocycles. The molecule has 5 heteroatoms. The monoisotopic (exact) mass is 830 g/mol. The minimum atomic E-state index is -0.356. The average Bonchev–Trinajstić information content (AvgIpc) is 3.81. The Morgan fingerprint density at radius 2 is 1.11 bits per heavy atom. The van der Waals surface area contributed by atoms with E-state index in [1.807, 2.05) is 6.08 Å². The van der Waals surface area contributed by atoms with Crippen molar-refractivity contribution in [1.29, 1.82) is 0 Å². The Kier molecular flexibility index (Phi) is 8.48. The van der Waals surface area contributed by atoms with Crippen LogP contribution in [0.2, 0.25) is 0 Å². The van der Waals surface area contributed by atoms with E-state index in [4.69, 9.17) is 14.4 Å². The molecule has 2 aromatic heterocycles. The van der Waals surface area contributed by atoms with Gasteiger partial charge in [-0.15, -0.1) is 5.73 Å². The molecule has 0 amide bonds. The van der Waals surface area contributed by atoms with Gasteiger partial charge in [0.25, 0.3) is 0 Å². The highest BCUT2D eigenvalue weighted by atomic mass is 16.3. The van der Waals surface area contributed by atoms with Crippen molar-refractivity contribution in [3.63, 3.8) is 0 Å². The third-order valence-corrected chi connectivity index (χ3v) is 12.8. The van der Waals surface area contributed by atoms with Gasteiger partial charge in [0.05, 0.1) is 16.6 Å². The normalized spacial score (nSPS) is 14.6. The van der Waals surface area contributed by atoms with Crippen molar-refractivity contribution in [3.8, 4) is 27.9 Å². The van der Waals surface area contributed by atoms with E-state index in [1.54, 1.807) is 0 Å². The summed E-state index contributed by atoms with van der Waals surface area (Å²) < 4.78 is 9.07. The van der Waals surface area contributed by atoms with E-state index in [9.17, 15) is 0 Å². The highest BCUT2D eigenvalue weighted by molar-refractivity contribution is 6.16. The number of rotatable bonds is 6. The SMILES string of the molecule is C1=Cc2oc3cc(-n4c5ccc(-c6ccccc6)cc5c5cc(-c6ccccc6)ccc54)ccc3c2C=CC=1C1=NC(c2ccc3ccccc3c2)=NC(c2ccc3ccccc3c2)N1. The number of aliphatic imine (C=N–C) groups is 2. The Labute approximate surface area is 375 Å². The Hall–Kier alpha value is -8.76. The molecule has 1 unspecified atom stereocenters. The molecule has 5 nitrogen and oxygen atoms in total. The van der Waals surface area contributed by atoms with Gasteiger partial charge in [-0.2, -0.15) is 0 Å². The summed E-state index contributed by atoms with van der Waals surface area (Å²) in [6.45, 7) is 0. The van der Waals surface area contributed by atoms with E-state index >= 15 is 0 Å². The Bertz CT molecular complexity index is 3800. The minimum absolute atomic E-state index is 0.356. The molecule has 1 N–H and O–H groups in total. The Balaban J connectivity index is 0.897. The third-order valence-electron chi connectivity index (χ3n) is 12.8. The molecule has 13 rings (SSSR count). The second-order valence-corrected chi connectivity index (χ2v) is 16.8. The molecular formula is C60H38N4O. The summed E-state index contributed by atoms with van der Waals surface area (Å²) in [4.78, 5) is 10.4. The van der Waals surface area contributed by atoms with Crippen molar-refractivity contribution >= 4 is 78.1 Å². The molecule has 0 radical (unpaired) electrons. The molecule has 1 aliphatic carbocycles. The van der Waals surface area contributed by atoms with E-state index in [-0.39, 0.29) is 6.17 Å². The summed E-state index contributed by atoms with van der Waals surface area (Å²) in [7, 11) is 0. The lowest BCUT2D eigenvalue weighted by Crippen LogP contribution is -2.33. The van der Waals surface area contributed by atoms with Crippen molar-refractivity contribution in [2.24, 2.45) is 9.98 Å². The summed E-state index contributed by atoms with van der Waals surface area (Å²) in [6, 6.07) is 71.1. The van der Waals surface area contributed by atoms with Gasteiger partial charge in [0, 0.05) is 45.1 Å². The first-order valence-corrected chi connectivity index (χ1v) is 22.0. The maximum Gasteiger partial charge on any atom is 0.159 e. The number of fused-ring (bicyclic) bond motifs is 8. The van der Waals surface area contributed by atoms with Gasteiger partial charge in [-0.1, -0.05) is 146 Å². The molecule has 0 bridgehead atoms. The second-order valence-electron chi connectivity index (χ2n) is 16.8. The highest BCUT2D eigenvalue weighted by Gasteiger charge is 2.24. The number of nitrogens with zero attached hydrogens (tertiary/aromatic N) is 3. The Morgan fingerprint density at radius 1 is 0.492 bits per heavy atom. The second kappa shape index (κ2) is 15.0. The van der Waals surface area contributed by atoms with E-state index in [1.165, 1.54) is 49.2 Å². The standard InChI is InChI=1S/C60H38N4O/c1-3-11-38(12-4-1)45-24-30-54-52(35-45)53-36-46(39-13-5-2-6-14-39)25-31-55(53)64(54)49-27-29-51-50-28-23-42(26-32-56(50)65-57(51)37-49)58-61-59(47-21-19-40-15-7-9-17-43(40)33-47)63-60(62-58)48-22-20-41-16-8-10-18-44(41)34-48/h1-25,27-37,59H,(H,61,62,63). The van der Waals surface area contributed by atoms with Crippen LogP contribution in [-0.4, -0.2) is 16.2 Å². The zero-order valence-electron chi connectivity index (χ0n) is 35.1. The fourth-order valence-electron chi connectivity index (χ4n) is 9.56. The minimum Gasteiger partial charge on any atom is -0.455 e. The number of nitrogens with one attached hydrogen (secondary N) is 1. The van der Waals surface area contributed by atoms with Crippen molar-refractivity contribution in [2.45, 2.75) is 6.17 Å². The summed E-state index contributed by atoms with van der Waals surface area (Å²) in [5.74, 6) is 2.11. The summed E-state index contributed by atoms with van der Waals surface area (Å²) >= 11 is 0. The molecule has 0 saturated carbocycles. The summed E-state index contributed by atoms with van der Waals surface area (Å²) in [5, 5.41) is 11.8. The number of aromatic nitrogens is 1. The van der Waals surface area contributed by atoms with Crippen LogP contribution >= 0.6 is 0 Å². The van der Waals surface area contributed by atoms with Crippen LogP contribution in [0.15, 0.2) is 232 Å². The van der Waals surface area contributed by atoms with E-state index in [0.717, 1.165) is 61.1 Å². The van der Waals surface area contributed by atoms with Crippen molar-refractivity contribution in [3.05, 3.63) is 240 Å². The van der Waals surface area contributed by atoms with Gasteiger partial charge in [0.2, 0.25) is 0 Å². The van der Waals surface area contributed by atoms with Crippen LogP contribution < -0.4 is 5.32 Å². The van der Waals surface area contributed by atoms with Crippen LogP contribution in [0.1, 0.15) is 28.6 Å². The molecule has 1 aliphatic heterocycles. The molecule has 65 heavy (non-hydrogen) atoms. The number of hydrogen-bond acceptors (Lipinski definition) is 4. The molecule has 0 fully saturated rings. The molecule has 0 saturated heterocycles. The molecule has 0 spiro atoms.